The fourth-order valence-corrected chi connectivity index (χ4v) is 2.55. The average Bonchev–Trinajstić information content (AvgIpc) is 3.44. The Morgan fingerprint density at radius 3 is 2.96 bits per heavy atom. The second-order valence-corrected chi connectivity index (χ2v) is 5.68. The number of aromatic amines is 1. The van der Waals surface area contributed by atoms with Crippen molar-refractivity contribution in [3.05, 3.63) is 54.4 Å². The highest BCUT2D eigenvalue weighted by atomic mass is 127. The van der Waals surface area contributed by atoms with E-state index in [-0.39, 0.29) is 24.0 Å². The van der Waals surface area contributed by atoms with E-state index in [1.54, 1.807) is 12.3 Å². The van der Waals surface area contributed by atoms with Crippen LogP contribution in [-0.2, 0) is 13.1 Å². The Bertz CT molecular complexity index is 1040. The lowest BCUT2D eigenvalue weighted by atomic mass is 10.4. The summed E-state index contributed by atoms with van der Waals surface area (Å²) in [4.78, 5) is 8.92. The van der Waals surface area contributed by atoms with Gasteiger partial charge in [0.15, 0.2) is 23.2 Å². The predicted molar refractivity (Wildman–Crippen MR) is 114 cm³/mol. The van der Waals surface area contributed by atoms with Crippen LogP contribution in [0.5, 0.6) is 0 Å². The van der Waals surface area contributed by atoms with Crippen LogP contribution >= 0.6 is 24.0 Å². The largest absolute Gasteiger partial charge is 0.461 e. The number of aliphatic imine (C=N–C) groups is 1. The smallest absolute Gasteiger partial charge is 0.216 e. The Kier molecular flexibility index (Phi) is 6.57. The summed E-state index contributed by atoms with van der Waals surface area (Å²) < 4.78 is 7.22. The highest BCUT2D eigenvalue weighted by Gasteiger charge is 2.09. The van der Waals surface area contributed by atoms with Crippen LogP contribution in [0.15, 0.2) is 52.2 Å². The monoisotopic (exact) mass is 493 g/mol. The summed E-state index contributed by atoms with van der Waals surface area (Å²) >= 11 is 0. The third kappa shape index (κ3) is 4.47. The second-order valence-electron chi connectivity index (χ2n) is 5.68. The Morgan fingerprint density at radius 1 is 1.21 bits per heavy atom. The van der Waals surface area contributed by atoms with E-state index in [1.165, 1.54) is 0 Å². The molecule has 146 valence electrons. The van der Waals surface area contributed by atoms with E-state index in [4.69, 9.17) is 4.42 Å². The van der Waals surface area contributed by atoms with Crippen molar-refractivity contribution in [3.63, 3.8) is 0 Å². The number of nitrogens with one attached hydrogen (secondary N) is 3. The summed E-state index contributed by atoms with van der Waals surface area (Å²) in [7, 11) is 0. The fraction of sp³-hybridized carbons (Fsp3) is 0.235. The van der Waals surface area contributed by atoms with Crippen LogP contribution < -0.4 is 10.6 Å². The molecular weight excluding hydrogens is 473 g/mol. The molecule has 0 saturated heterocycles. The van der Waals surface area contributed by atoms with Crippen LogP contribution in [-0.4, -0.2) is 42.3 Å². The number of halogens is 1. The van der Waals surface area contributed by atoms with Gasteiger partial charge in [0.25, 0.3) is 0 Å². The van der Waals surface area contributed by atoms with Gasteiger partial charge in [-0.1, -0.05) is 6.07 Å². The first kappa shape index (κ1) is 19.8. The standard InChI is InChI=1S/C17H19N9O.HI/c1-2-18-17(20-11-15-24-23-14-7-3-4-8-26(14)15)19-10-13-21-16(25-22-13)12-6-5-9-27-12;/h3-9H,2,10-11H2,1H3,(H2,18,19,20)(H,21,22,25);1H. The Hall–Kier alpha value is -2.96. The number of furan rings is 1. The first-order valence-electron chi connectivity index (χ1n) is 8.59. The molecule has 4 aromatic rings. The van der Waals surface area contributed by atoms with Crippen molar-refractivity contribution >= 4 is 35.6 Å². The van der Waals surface area contributed by atoms with E-state index in [2.05, 4.69) is 41.0 Å². The molecule has 0 aromatic carbocycles. The van der Waals surface area contributed by atoms with Crippen LogP contribution in [0.2, 0.25) is 0 Å². The molecule has 0 radical (unpaired) electrons. The van der Waals surface area contributed by atoms with Gasteiger partial charge < -0.3 is 15.1 Å². The van der Waals surface area contributed by atoms with Gasteiger partial charge in [0, 0.05) is 12.7 Å². The third-order valence-electron chi connectivity index (χ3n) is 3.80. The van der Waals surface area contributed by atoms with Crippen LogP contribution in [0.1, 0.15) is 18.6 Å². The van der Waals surface area contributed by atoms with E-state index in [9.17, 15) is 0 Å². The molecule has 0 spiro atoms. The lowest BCUT2D eigenvalue weighted by molar-refractivity contribution is 0.577. The molecule has 4 rings (SSSR count). The van der Waals surface area contributed by atoms with Gasteiger partial charge in [0.2, 0.25) is 5.82 Å². The molecule has 3 N–H and O–H groups in total. The number of hydrogen-bond acceptors (Lipinski definition) is 6. The van der Waals surface area contributed by atoms with Crippen LogP contribution in [0.3, 0.4) is 0 Å². The van der Waals surface area contributed by atoms with Crippen molar-refractivity contribution < 1.29 is 4.42 Å². The molecule has 0 fully saturated rings. The first-order chi connectivity index (χ1) is 13.3. The van der Waals surface area contributed by atoms with Gasteiger partial charge in [0.05, 0.1) is 12.8 Å². The van der Waals surface area contributed by atoms with E-state index in [0.717, 1.165) is 18.0 Å². The van der Waals surface area contributed by atoms with Crippen LogP contribution in [0.4, 0.5) is 0 Å². The Labute approximate surface area is 177 Å². The van der Waals surface area contributed by atoms with E-state index in [1.807, 2.05) is 41.8 Å². The van der Waals surface area contributed by atoms with Crippen molar-refractivity contribution in [2.75, 3.05) is 6.54 Å². The van der Waals surface area contributed by atoms with Gasteiger partial charge in [0.1, 0.15) is 12.4 Å². The van der Waals surface area contributed by atoms with E-state index >= 15 is 0 Å². The maximum atomic E-state index is 5.29. The van der Waals surface area contributed by atoms with Crippen molar-refractivity contribution in [3.8, 4) is 11.6 Å². The predicted octanol–water partition coefficient (Wildman–Crippen LogP) is 1.98. The number of pyridine rings is 1. The van der Waals surface area contributed by atoms with Gasteiger partial charge >= 0.3 is 0 Å². The van der Waals surface area contributed by atoms with Gasteiger partial charge in [-0.05, 0) is 31.2 Å². The fourth-order valence-electron chi connectivity index (χ4n) is 2.55. The molecule has 10 nitrogen and oxygen atoms in total. The zero-order valence-electron chi connectivity index (χ0n) is 15.2. The lowest BCUT2D eigenvalue weighted by Gasteiger charge is -2.10. The maximum absolute atomic E-state index is 5.29. The highest BCUT2D eigenvalue weighted by molar-refractivity contribution is 14.0. The average molecular weight is 493 g/mol. The van der Waals surface area contributed by atoms with E-state index < -0.39 is 0 Å². The van der Waals surface area contributed by atoms with Gasteiger partial charge in [-0.3, -0.25) is 9.50 Å². The molecule has 11 heteroatoms. The molecule has 0 aliphatic rings. The van der Waals surface area contributed by atoms with Crippen molar-refractivity contribution in [2.45, 2.75) is 20.0 Å². The molecular formula is C17H20IN9O. The summed E-state index contributed by atoms with van der Waals surface area (Å²) in [6.07, 6.45) is 3.52. The topological polar surface area (TPSA) is 121 Å². The molecule has 0 aliphatic heterocycles. The molecule has 0 atom stereocenters. The number of hydrogen-bond donors (Lipinski definition) is 3. The van der Waals surface area contributed by atoms with Crippen LogP contribution in [0.25, 0.3) is 17.2 Å². The van der Waals surface area contributed by atoms with E-state index in [0.29, 0.717) is 36.5 Å². The Balaban J connectivity index is 0.00000225. The summed E-state index contributed by atoms with van der Waals surface area (Å²) in [5, 5.41) is 21.8. The summed E-state index contributed by atoms with van der Waals surface area (Å²) in [6.45, 7) is 3.59. The highest BCUT2D eigenvalue weighted by Crippen LogP contribution is 2.14. The molecule has 0 saturated carbocycles. The number of guanidine groups is 1. The minimum absolute atomic E-state index is 0. The SMILES string of the molecule is CCNC(=NCc1nc(-c2ccco2)n[nH]1)NCc1nnc2ccccn12.I. The lowest BCUT2D eigenvalue weighted by Crippen LogP contribution is -2.37. The summed E-state index contributed by atoms with van der Waals surface area (Å²) in [5.74, 6) is 3.23. The van der Waals surface area contributed by atoms with Crippen molar-refractivity contribution in [1.29, 1.82) is 0 Å². The molecule has 0 bridgehead atoms. The minimum atomic E-state index is 0. The number of rotatable bonds is 6. The summed E-state index contributed by atoms with van der Waals surface area (Å²) in [5.41, 5.74) is 0.809. The van der Waals surface area contributed by atoms with Gasteiger partial charge in [-0.25, -0.2) is 9.98 Å². The minimum Gasteiger partial charge on any atom is -0.461 e. The zero-order chi connectivity index (χ0) is 18.5. The molecule has 4 aromatic heterocycles. The second kappa shape index (κ2) is 9.30. The first-order valence-corrected chi connectivity index (χ1v) is 8.59. The van der Waals surface area contributed by atoms with Crippen molar-refractivity contribution in [1.82, 2.24) is 40.4 Å². The summed E-state index contributed by atoms with van der Waals surface area (Å²) in [6, 6.07) is 9.40. The van der Waals surface area contributed by atoms with Crippen LogP contribution in [0, 0.1) is 0 Å². The molecule has 0 aliphatic carbocycles. The van der Waals surface area contributed by atoms with Gasteiger partial charge in [-0.2, -0.15) is 0 Å². The number of nitrogens with zero attached hydrogens (tertiary/aromatic N) is 6. The maximum Gasteiger partial charge on any atom is 0.216 e. The van der Waals surface area contributed by atoms with Gasteiger partial charge in [-0.15, -0.1) is 39.3 Å². The normalized spacial score (nSPS) is 11.4. The quantitative estimate of drug-likeness (QED) is 0.213. The number of aromatic nitrogens is 6. The third-order valence-corrected chi connectivity index (χ3v) is 3.80. The molecule has 28 heavy (non-hydrogen) atoms. The molecule has 0 amide bonds. The zero-order valence-corrected chi connectivity index (χ0v) is 17.5. The number of H-pyrrole nitrogens is 1. The molecule has 0 unspecified atom stereocenters. The number of fused-ring (bicyclic) bond motifs is 1. The Morgan fingerprint density at radius 2 is 2.14 bits per heavy atom. The van der Waals surface area contributed by atoms with Crippen molar-refractivity contribution in [2.24, 2.45) is 4.99 Å². The molecule has 4 heterocycles.